The maximum Gasteiger partial charge on any atom is 0.224 e. The molecule has 0 fully saturated rings. The van der Waals surface area contributed by atoms with E-state index >= 15 is 0 Å². The van der Waals surface area contributed by atoms with E-state index in [-0.39, 0.29) is 6.04 Å². The minimum atomic E-state index is 0.160. The van der Waals surface area contributed by atoms with Gasteiger partial charge in [0.25, 0.3) is 0 Å². The summed E-state index contributed by atoms with van der Waals surface area (Å²) in [5, 5.41) is 3.76. The minimum Gasteiger partial charge on any atom is -0.437 e. The number of rotatable bonds is 4. The topological polar surface area (TPSA) is 34.2 Å². The van der Waals surface area contributed by atoms with Crippen molar-refractivity contribution in [2.45, 2.75) is 19.9 Å². The molecule has 1 aromatic carbocycles. The molecular weight excluding hydrogens is 260 g/mol. The Labute approximate surface area is 118 Å². The van der Waals surface area contributed by atoms with Crippen LogP contribution in [0.3, 0.4) is 0 Å². The summed E-state index contributed by atoms with van der Waals surface area (Å²) >= 11 is 6.14. The molecule has 4 heteroatoms. The van der Waals surface area contributed by atoms with Gasteiger partial charge in [-0.05, 0) is 44.7 Å². The second-order valence-electron chi connectivity index (χ2n) is 4.44. The van der Waals surface area contributed by atoms with Crippen LogP contribution >= 0.6 is 11.6 Å². The average Bonchev–Trinajstić information content (AvgIpc) is 2.42. The first-order chi connectivity index (χ1) is 9.11. The number of hydrogen-bond donors (Lipinski definition) is 1. The van der Waals surface area contributed by atoms with Crippen LogP contribution in [0.5, 0.6) is 11.6 Å². The first-order valence-electron chi connectivity index (χ1n) is 6.18. The first kappa shape index (κ1) is 13.8. The zero-order valence-corrected chi connectivity index (χ0v) is 12.0. The Morgan fingerprint density at radius 2 is 2.11 bits per heavy atom. The third kappa shape index (κ3) is 3.25. The van der Waals surface area contributed by atoms with Gasteiger partial charge in [0.1, 0.15) is 5.75 Å². The van der Waals surface area contributed by atoms with Gasteiger partial charge < -0.3 is 10.1 Å². The molecule has 1 unspecified atom stereocenters. The molecule has 1 heterocycles. The molecule has 0 amide bonds. The van der Waals surface area contributed by atoms with Crippen LogP contribution in [0, 0.1) is 6.92 Å². The lowest BCUT2D eigenvalue weighted by molar-refractivity contribution is 0.446. The van der Waals surface area contributed by atoms with Gasteiger partial charge in [0.15, 0.2) is 0 Å². The second kappa shape index (κ2) is 6.04. The van der Waals surface area contributed by atoms with E-state index in [2.05, 4.69) is 17.2 Å². The van der Waals surface area contributed by atoms with E-state index in [9.17, 15) is 0 Å². The van der Waals surface area contributed by atoms with Gasteiger partial charge in [0.2, 0.25) is 5.88 Å². The Balaban J connectivity index is 2.35. The monoisotopic (exact) mass is 276 g/mol. The maximum atomic E-state index is 6.14. The Hall–Kier alpha value is -1.58. The highest BCUT2D eigenvalue weighted by molar-refractivity contribution is 6.32. The van der Waals surface area contributed by atoms with Crippen molar-refractivity contribution in [3.8, 4) is 11.6 Å². The van der Waals surface area contributed by atoms with Crippen molar-refractivity contribution in [3.63, 3.8) is 0 Å². The minimum absolute atomic E-state index is 0.160. The van der Waals surface area contributed by atoms with E-state index in [4.69, 9.17) is 16.3 Å². The normalized spacial score (nSPS) is 12.2. The summed E-state index contributed by atoms with van der Waals surface area (Å²) in [4.78, 5) is 4.29. The fourth-order valence-corrected chi connectivity index (χ4v) is 1.92. The lowest BCUT2D eigenvalue weighted by atomic mass is 10.1. The molecule has 0 aliphatic heterocycles. The van der Waals surface area contributed by atoms with Gasteiger partial charge in [-0.15, -0.1) is 0 Å². The molecule has 0 radical (unpaired) electrons. The molecule has 1 N–H and O–H groups in total. The number of aromatic nitrogens is 1. The summed E-state index contributed by atoms with van der Waals surface area (Å²) in [5.41, 5.74) is 2.10. The van der Waals surface area contributed by atoms with Gasteiger partial charge in [0.05, 0.1) is 5.02 Å². The second-order valence-corrected chi connectivity index (χ2v) is 4.85. The summed E-state index contributed by atoms with van der Waals surface area (Å²) in [6, 6.07) is 9.74. The lowest BCUT2D eigenvalue weighted by Gasteiger charge is -2.15. The van der Waals surface area contributed by atoms with Gasteiger partial charge in [-0.25, -0.2) is 4.98 Å². The smallest absolute Gasteiger partial charge is 0.224 e. The summed E-state index contributed by atoms with van der Waals surface area (Å²) in [6.07, 6.45) is 1.71. The zero-order valence-electron chi connectivity index (χ0n) is 11.3. The van der Waals surface area contributed by atoms with Crippen molar-refractivity contribution in [2.24, 2.45) is 0 Å². The van der Waals surface area contributed by atoms with Crippen LogP contribution in [0.25, 0.3) is 0 Å². The highest BCUT2D eigenvalue weighted by atomic mass is 35.5. The predicted molar refractivity (Wildman–Crippen MR) is 78.0 cm³/mol. The van der Waals surface area contributed by atoms with E-state index in [1.54, 1.807) is 6.20 Å². The van der Waals surface area contributed by atoms with Crippen molar-refractivity contribution in [2.75, 3.05) is 7.05 Å². The van der Waals surface area contributed by atoms with E-state index in [1.165, 1.54) is 0 Å². The highest BCUT2D eigenvalue weighted by Crippen LogP contribution is 2.32. The number of ether oxygens (including phenoxy) is 1. The van der Waals surface area contributed by atoms with Crippen molar-refractivity contribution < 1.29 is 4.74 Å². The Morgan fingerprint density at radius 1 is 1.32 bits per heavy atom. The van der Waals surface area contributed by atoms with Crippen molar-refractivity contribution in [1.82, 2.24) is 10.3 Å². The van der Waals surface area contributed by atoms with E-state index in [1.807, 2.05) is 44.3 Å². The first-order valence-corrected chi connectivity index (χ1v) is 6.56. The van der Waals surface area contributed by atoms with Crippen LogP contribution < -0.4 is 10.1 Å². The molecule has 0 saturated carbocycles. The molecule has 0 aliphatic carbocycles. The average molecular weight is 277 g/mol. The zero-order chi connectivity index (χ0) is 13.8. The van der Waals surface area contributed by atoms with Crippen molar-refractivity contribution in [3.05, 3.63) is 52.7 Å². The number of nitrogens with zero attached hydrogens (tertiary/aromatic N) is 1. The van der Waals surface area contributed by atoms with Gasteiger partial charge in [-0.2, -0.15) is 0 Å². The summed E-state index contributed by atoms with van der Waals surface area (Å²) < 4.78 is 5.86. The van der Waals surface area contributed by atoms with Crippen LogP contribution in [-0.2, 0) is 0 Å². The number of pyridine rings is 1. The van der Waals surface area contributed by atoms with Gasteiger partial charge in [0, 0.05) is 17.8 Å². The van der Waals surface area contributed by atoms with Crippen molar-refractivity contribution >= 4 is 11.6 Å². The van der Waals surface area contributed by atoms with Gasteiger partial charge in [-0.1, -0.05) is 23.7 Å². The largest absolute Gasteiger partial charge is 0.437 e. The predicted octanol–water partition coefficient (Wildman–Crippen LogP) is 4.12. The lowest BCUT2D eigenvalue weighted by Crippen LogP contribution is -2.13. The molecular formula is C15H17ClN2O. The number of hydrogen-bond acceptors (Lipinski definition) is 3. The van der Waals surface area contributed by atoms with Crippen LogP contribution in [-0.4, -0.2) is 12.0 Å². The number of benzene rings is 1. The van der Waals surface area contributed by atoms with Crippen LogP contribution in [0.1, 0.15) is 24.1 Å². The maximum absolute atomic E-state index is 6.14. The number of nitrogens with one attached hydrogen (secondary N) is 1. The van der Waals surface area contributed by atoms with E-state index < -0.39 is 0 Å². The quantitative estimate of drug-likeness (QED) is 0.912. The van der Waals surface area contributed by atoms with Crippen LogP contribution in [0.15, 0.2) is 36.5 Å². The van der Waals surface area contributed by atoms with E-state index in [0.29, 0.717) is 16.7 Å². The summed E-state index contributed by atoms with van der Waals surface area (Å²) in [7, 11) is 1.90. The molecule has 1 atom stereocenters. The third-order valence-corrected chi connectivity index (χ3v) is 3.31. The fourth-order valence-electron chi connectivity index (χ4n) is 1.77. The molecule has 1 aromatic heterocycles. The van der Waals surface area contributed by atoms with Gasteiger partial charge in [-0.3, -0.25) is 0 Å². The Kier molecular flexibility index (Phi) is 4.40. The molecule has 2 rings (SSSR count). The molecule has 19 heavy (non-hydrogen) atoms. The van der Waals surface area contributed by atoms with Crippen LogP contribution in [0.4, 0.5) is 0 Å². The molecule has 2 aromatic rings. The standard InChI is InChI=1S/C15H17ClN2O/c1-10-6-7-13(16)14(9-10)19-15-12(11(2)17-3)5-4-8-18-15/h4-9,11,17H,1-3H3. The van der Waals surface area contributed by atoms with E-state index in [0.717, 1.165) is 11.1 Å². The Morgan fingerprint density at radius 3 is 2.84 bits per heavy atom. The molecule has 0 spiro atoms. The molecule has 100 valence electrons. The Bertz CT molecular complexity index is 572. The SMILES string of the molecule is CNC(C)c1cccnc1Oc1cc(C)ccc1Cl. The third-order valence-electron chi connectivity index (χ3n) is 2.99. The van der Waals surface area contributed by atoms with Crippen molar-refractivity contribution in [1.29, 1.82) is 0 Å². The van der Waals surface area contributed by atoms with Gasteiger partial charge >= 0.3 is 0 Å². The summed E-state index contributed by atoms with van der Waals surface area (Å²) in [5.74, 6) is 1.21. The molecule has 0 bridgehead atoms. The summed E-state index contributed by atoms with van der Waals surface area (Å²) in [6.45, 7) is 4.06. The number of halogens is 1. The molecule has 3 nitrogen and oxygen atoms in total. The highest BCUT2D eigenvalue weighted by Gasteiger charge is 2.13. The fraction of sp³-hybridized carbons (Fsp3) is 0.267. The molecule has 0 aliphatic rings. The number of aryl methyl sites for hydroxylation is 1. The van der Waals surface area contributed by atoms with Crippen LogP contribution in [0.2, 0.25) is 5.02 Å². The molecule has 0 saturated heterocycles.